The fourth-order valence-corrected chi connectivity index (χ4v) is 5.36. The van der Waals surface area contributed by atoms with Crippen LogP contribution in [0.15, 0.2) is 29.1 Å². The van der Waals surface area contributed by atoms with Crippen molar-refractivity contribution in [2.75, 3.05) is 5.32 Å². The second-order valence-electron chi connectivity index (χ2n) is 9.14. The van der Waals surface area contributed by atoms with Gasteiger partial charge in [0.05, 0.1) is 5.39 Å². The second-order valence-corrected chi connectivity index (χ2v) is 10.2. The smallest absolute Gasteiger partial charge is 0.279 e. The van der Waals surface area contributed by atoms with Crippen molar-refractivity contribution in [3.05, 3.63) is 50.6 Å². The van der Waals surface area contributed by atoms with E-state index in [2.05, 4.69) is 43.3 Å². The van der Waals surface area contributed by atoms with E-state index in [0.29, 0.717) is 21.8 Å². The van der Waals surface area contributed by atoms with Gasteiger partial charge < -0.3 is 5.32 Å². The summed E-state index contributed by atoms with van der Waals surface area (Å²) < 4.78 is 1.18. The van der Waals surface area contributed by atoms with Crippen LogP contribution < -0.4 is 10.9 Å². The largest absolute Gasteiger partial charge is 0.324 e. The van der Waals surface area contributed by atoms with E-state index >= 15 is 0 Å². The molecule has 4 rings (SSSR count). The zero-order chi connectivity index (χ0) is 21.5. The molecule has 0 saturated heterocycles. The number of nitrogens with one attached hydrogen (secondary N) is 1. The number of hydrogen-bond donors (Lipinski definition) is 1. The fraction of sp³-hybridized carbons (Fsp3) is 0.478. The maximum absolute atomic E-state index is 13.1. The highest BCUT2D eigenvalue weighted by Crippen LogP contribution is 2.41. The Hall–Kier alpha value is -2.54. The summed E-state index contributed by atoms with van der Waals surface area (Å²) in [5, 5.41) is 11.8. The molecule has 1 amide bonds. The van der Waals surface area contributed by atoms with Gasteiger partial charge >= 0.3 is 0 Å². The van der Waals surface area contributed by atoms with Crippen molar-refractivity contribution in [2.45, 2.75) is 59.9 Å². The van der Waals surface area contributed by atoms with Crippen LogP contribution in [0.5, 0.6) is 0 Å². The van der Waals surface area contributed by atoms with Crippen LogP contribution in [-0.4, -0.2) is 20.9 Å². The van der Waals surface area contributed by atoms with Crippen LogP contribution in [0.25, 0.3) is 10.2 Å². The molecular weight excluding hydrogens is 396 g/mol. The lowest BCUT2D eigenvalue weighted by Gasteiger charge is -2.33. The third-order valence-electron chi connectivity index (χ3n) is 6.10. The van der Waals surface area contributed by atoms with Crippen LogP contribution >= 0.6 is 11.3 Å². The number of carbonyl (C=O) groups is 1. The number of amides is 1. The van der Waals surface area contributed by atoms with Crippen molar-refractivity contribution in [2.24, 2.45) is 11.3 Å². The number of fused-ring (bicyclic) bond motifs is 3. The van der Waals surface area contributed by atoms with E-state index in [1.807, 2.05) is 24.3 Å². The number of aromatic nitrogens is 3. The monoisotopic (exact) mass is 424 g/mol. The number of hydrogen-bond acceptors (Lipinski definition) is 5. The van der Waals surface area contributed by atoms with Gasteiger partial charge in [0.1, 0.15) is 6.54 Å². The summed E-state index contributed by atoms with van der Waals surface area (Å²) in [4.78, 5) is 27.5. The molecule has 0 bridgehead atoms. The number of carbonyl (C=O) groups excluding carboxylic acids is 1. The zero-order valence-corrected chi connectivity index (χ0v) is 18.8. The molecule has 0 radical (unpaired) electrons. The molecule has 2 aromatic heterocycles. The van der Waals surface area contributed by atoms with Gasteiger partial charge in [-0.25, -0.2) is 4.68 Å². The third kappa shape index (κ3) is 4.03. The summed E-state index contributed by atoms with van der Waals surface area (Å²) in [5.74, 6) is 0.310. The summed E-state index contributed by atoms with van der Waals surface area (Å²) >= 11 is 1.58. The van der Waals surface area contributed by atoms with Crippen LogP contribution in [-0.2, 0) is 30.6 Å². The first kappa shape index (κ1) is 20.7. The highest BCUT2D eigenvalue weighted by molar-refractivity contribution is 7.18. The highest BCUT2D eigenvalue weighted by Gasteiger charge is 2.32. The van der Waals surface area contributed by atoms with Crippen molar-refractivity contribution in [3.8, 4) is 0 Å². The molecule has 1 N–H and O–H groups in total. The number of anilines is 1. The average molecular weight is 425 g/mol. The van der Waals surface area contributed by atoms with Crippen molar-refractivity contribution in [1.29, 1.82) is 0 Å². The van der Waals surface area contributed by atoms with Crippen molar-refractivity contribution in [3.63, 3.8) is 0 Å². The lowest BCUT2D eigenvalue weighted by atomic mass is 9.72. The summed E-state index contributed by atoms with van der Waals surface area (Å²) in [6.45, 7) is 8.76. The van der Waals surface area contributed by atoms with Crippen LogP contribution in [0, 0.1) is 11.3 Å². The molecular formula is C23H28N4O2S. The van der Waals surface area contributed by atoms with Crippen LogP contribution in [0.2, 0.25) is 0 Å². The first-order chi connectivity index (χ1) is 14.3. The van der Waals surface area contributed by atoms with E-state index in [-0.39, 0.29) is 23.4 Å². The van der Waals surface area contributed by atoms with E-state index in [9.17, 15) is 9.59 Å². The zero-order valence-electron chi connectivity index (χ0n) is 18.0. The summed E-state index contributed by atoms with van der Waals surface area (Å²) in [7, 11) is 0. The Balaban J connectivity index is 1.56. The molecule has 7 heteroatoms. The van der Waals surface area contributed by atoms with Crippen molar-refractivity contribution in [1.82, 2.24) is 15.0 Å². The fourth-order valence-electron chi connectivity index (χ4n) is 4.13. The maximum atomic E-state index is 13.1. The molecule has 6 nitrogen and oxygen atoms in total. The Morgan fingerprint density at radius 3 is 2.67 bits per heavy atom. The lowest BCUT2D eigenvalue weighted by Crippen LogP contribution is -2.31. The molecule has 158 valence electrons. The number of aryl methyl sites for hydroxylation is 2. The molecule has 2 heterocycles. The molecule has 1 aliphatic carbocycles. The van der Waals surface area contributed by atoms with Crippen molar-refractivity contribution < 1.29 is 4.79 Å². The number of nitrogens with zero attached hydrogens (tertiary/aromatic N) is 3. The first-order valence-corrected chi connectivity index (χ1v) is 11.3. The Kier molecular flexibility index (Phi) is 5.49. The van der Waals surface area contributed by atoms with Gasteiger partial charge in [-0.2, -0.15) is 0 Å². The maximum Gasteiger partial charge on any atom is 0.279 e. The third-order valence-corrected chi connectivity index (χ3v) is 7.24. The van der Waals surface area contributed by atoms with Gasteiger partial charge in [0, 0.05) is 10.6 Å². The Labute approximate surface area is 180 Å². The van der Waals surface area contributed by atoms with E-state index in [1.54, 1.807) is 11.3 Å². The second kappa shape index (κ2) is 7.95. The topological polar surface area (TPSA) is 76.9 Å². The standard InChI is InChI=1S/C23H28N4O2S/c1-5-14-6-9-16(10-7-14)24-19(28)13-27-22(29)20-17-11-8-15(23(2,3)4)12-18(17)30-21(20)25-26-27/h6-7,9-10,15H,5,8,11-13H2,1-4H3,(H,24,28). The summed E-state index contributed by atoms with van der Waals surface area (Å²) in [5.41, 5.74) is 3.05. The molecule has 30 heavy (non-hydrogen) atoms. The Morgan fingerprint density at radius 2 is 2.00 bits per heavy atom. The SMILES string of the molecule is CCc1ccc(NC(=O)Cn2nnc3sc4c(c3c2=O)CCC(C(C)(C)C)C4)cc1. The average Bonchev–Trinajstić information content (AvgIpc) is 3.08. The van der Waals surface area contributed by atoms with E-state index in [0.717, 1.165) is 31.2 Å². The molecule has 1 aromatic carbocycles. The van der Waals surface area contributed by atoms with Crippen LogP contribution in [0.4, 0.5) is 5.69 Å². The van der Waals surface area contributed by atoms with Gasteiger partial charge in [-0.1, -0.05) is 45.0 Å². The molecule has 1 atom stereocenters. The summed E-state index contributed by atoms with van der Waals surface area (Å²) in [6.07, 6.45) is 3.88. The van der Waals surface area contributed by atoms with Gasteiger partial charge in [-0.15, -0.1) is 16.4 Å². The predicted octanol–water partition coefficient (Wildman–Crippen LogP) is 4.21. The highest BCUT2D eigenvalue weighted by atomic mass is 32.1. The minimum Gasteiger partial charge on any atom is -0.324 e. The van der Waals surface area contributed by atoms with E-state index in [4.69, 9.17) is 0 Å². The number of thiophene rings is 1. The first-order valence-electron chi connectivity index (χ1n) is 10.5. The normalized spacial score (nSPS) is 16.5. The summed E-state index contributed by atoms with van der Waals surface area (Å²) in [6, 6.07) is 7.71. The molecule has 0 fully saturated rings. The van der Waals surface area contributed by atoms with Gasteiger partial charge in [-0.05, 0) is 60.3 Å². The molecule has 1 aliphatic rings. The van der Waals surface area contributed by atoms with E-state index < -0.39 is 0 Å². The Bertz CT molecular complexity index is 1140. The van der Waals surface area contributed by atoms with Gasteiger partial charge in [0.25, 0.3) is 5.56 Å². The van der Waals surface area contributed by atoms with Crippen LogP contribution in [0.3, 0.4) is 0 Å². The van der Waals surface area contributed by atoms with Gasteiger partial charge in [-0.3, -0.25) is 9.59 Å². The van der Waals surface area contributed by atoms with Crippen LogP contribution in [0.1, 0.15) is 50.1 Å². The lowest BCUT2D eigenvalue weighted by molar-refractivity contribution is -0.117. The van der Waals surface area contributed by atoms with E-state index in [1.165, 1.54) is 15.1 Å². The minimum absolute atomic E-state index is 0.146. The molecule has 0 aliphatic heterocycles. The molecule has 0 spiro atoms. The van der Waals surface area contributed by atoms with Crippen molar-refractivity contribution >= 4 is 33.1 Å². The predicted molar refractivity (Wildman–Crippen MR) is 121 cm³/mol. The molecule has 3 aromatic rings. The number of benzene rings is 1. The number of rotatable bonds is 4. The van der Waals surface area contributed by atoms with Gasteiger partial charge in [0.2, 0.25) is 5.91 Å². The molecule has 1 unspecified atom stereocenters. The minimum atomic E-state index is -0.285. The quantitative estimate of drug-likeness (QED) is 0.681. The molecule has 0 saturated carbocycles. The van der Waals surface area contributed by atoms with Gasteiger partial charge in [0.15, 0.2) is 4.83 Å². The Morgan fingerprint density at radius 1 is 1.27 bits per heavy atom.